The predicted molar refractivity (Wildman–Crippen MR) is 73.2 cm³/mol. The second-order valence-electron chi connectivity index (χ2n) is 5.77. The van der Waals surface area contributed by atoms with E-state index in [1.807, 2.05) is 4.90 Å². The standard InChI is InChI=1S/C14H27N3O/c1-12(14(18)17-8-2-3-9-17)16-10-5-13(4-7-15)6-11-16/h12-13H,2-11,15H2,1H3. The molecule has 1 unspecified atom stereocenters. The predicted octanol–water partition coefficient (Wildman–Crippen LogP) is 1.06. The van der Waals surface area contributed by atoms with Crippen molar-refractivity contribution in [3.05, 3.63) is 0 Å². The summed E-state index contributed by atoms with van der Waals surface area (Å²) in [5, 5.41) is 0. The number of nitrogens with two attached hydrogens (primary N) is 1. The second-order valence-corrected chi connectivity index (χ2v) is 5.77. The Morgan fingerprint density at radius 1 is 1.22 bits per heavy atom. The fourth-order valence-corrected chi connectivity index (χ4v) is 3.22. The number of hydrogen-bond acceptors (Lipinski definition) is 3. The van der Waals surface area contributed by atoms with Crippen LogP contribution in [-0.4, -0.2) is 54.5 Å². The van der Waals surface area contributed by atoms with Crippen LogP contribution in [0.25, 0.3) is 0 Å². The van der Waals surface area contributed by atoms with Gasteiger partial charge in [0.25, 0.3) is 0 Å². The van der Waals surface area contributed by atoms with Crippen molar-refractivity contribution in [2.45, 2.75) is 45.1 Å². The summed E-state index contributed by atoms with van der Waals surface area (Å²) >= 11 is 0. The highest BCUT2D eigenvalue weighted by Gasteiger charge is 2.30. The minimum atomic E-state index is 0.0712. The molecule has 2 aliphatic heterocycles. The molecule has 0 aromatic rings. The van der Waals surface area contributed by atoms with Crippen molar-refractivity contribution in [3.63, 3.8) is 0 Å². The van der Waals surface area contributed by atoms with Gasteiger partial charge in [-0.05, 0) is 64.6 Å². The van der Waals surface area contributed by atoms with Crippen molar-refractivity contribution in [1.29, 1.82) is 0 Å². The van der Waals surface area contributed by atoms with Crippen molar-refractivity contribution in [2.24, 2.45) is 11.7 Å². The van der Waals surface area contributed by atoms with E-state index in [1.54, 1.807) is 0 Å². The zero-order chi connectivity index (χ0) is 13.0. The lowest BCUT2D eigenvalue weighted by molar-refractivity contribution is -0.135. The van der Waals surface area contributed by atoms with Crippen molar-refractivity contribution >= 4 is 5.91 Å². The summed E-state index contributed by atoms with van der Waals surface area (Å²) in [6, 6.07) is 0.0712. The van der Waals surface area contributed by atoms with E-state index in [1.165, 1.54) is 25.7 Å². The minimum Gasteiger partial charge on any atom is -0.341 e. The van der Waals surface area contributed by atoms with Crippen LogP contribution in [0.3, 0.4) is 0 Å². The van der Waals surface area contributed by atoms with Crippen LogP contribution in [0, 0.1) is 5.92 Å². The van der Waals surface area contributed by atoms with Gasteiger partial charge in [0.05, 0.1) is 6.04 Å². The molecule has 0 radical (unpaired) electrons. The van der Waals surface area contributed by atoms with Gasteiger partial charge >= 0.3 is 0 Å². The average Bonchev–Trinajstić information content (AvgIpc) is 2.92. The summed E-state index contributed by atoms with van der Waals surface area (Å²) < 4.78 is 0. The summed E-state index contributed by atoms with van der Waals surface area (Å²) in [5.74, 6) is 1.12. The zero-order valence-electron chi connectivity index (χ0n) is 11.6. The molecule has 4 nitrogen and oxygen atoms in total. The number of carbonyl (C=O) groups excluding carboxylic acids is 1. The van der Waals surface area contributed by atoms with Gasteiger partial charge in [-0.15, -0.1) is 0 Å². The van der Waals surface area contributed by atoms with Gasteiger partial charge in [0, 0.05) is 13.1 Å². The number of hydrogen-bond donors (Lipinski definition) is 1. The van der Waals surface area contributed by atoms with Gasteiger partial charge in [-0.3, -0.25) is 9.69 Å². The molecular weight excluding hydrogens is 226 g/mol. The molecule has 0 saturated carbocycles. The maximum absolute atomic E-state index is 12.3. The van der Waals surface area contributed by atoms with E-state index in [0.29, 0.717) is 5.91 Å². The van der Waals surface area contributed by atoms with Crippen LogP contribution in [0.5, 0.6) is 0 Å². The van der Waals surface area contributed by atoms with E-state index in [4.69, 9.17) is 5.73 Å². The number of likely N-dealkylation sites (tertiary alicyclic amines) is 2. The quantitative estimate of drug-likeness (QED) is 0.815. The lowest BCUT2D eigenvalue weighted by atomic mass is 9.93. The molecule has 1 atom stereocenters. The molecule has 2 aliphatic rings. The Morgan fingerprint density at radius 2 is 1.83 bits per heavy atom. The van der Waals surface area contributed by atoms with Crippen LogP contribution in [0.15, 0.2) is 0 Å². The van der Waals surface area contributed by atoms with Crippen molar-refractivity contribution in [3.8, 4) is 0 Å². The fraction of sp³-hybridized carbons (Fsp3) is 0.929. The molecule has 0 aliphatic carbocycles. The molecule has 0 aromatic carbocycles. The van der Waals surface area contributed by atoms with Gasteiger partial charge in [-0.2, -0.15) is 0 Å². The molecule has 18 heavy (non-hydrogen) atoms. The molecule has 4 heteroatoms. The summed E-state index contributed by atoms with van der Waals surface area (Å²) in [6.45, 7) is 6.92. The van der Waals surface area contributed by atoms with Gasteiger partial charge in [0.2, 0.25) is 5.91 Å². The molecule has 2 saturated heterocycles. The van der Waals surface area contributed by atoms with Crippen LogP contribution in [0.4, 0.5) is 0 Å². The Labute approximate surface area is 110 Å². The van der Waals surface area contributed by atoms with Crippen LogP contribution in [-0.2, 0) is 4.79 Å². The Hall–Kier alpha value is -0.610. The van der Waals surface area contributed by atoms with Crippen molar-refractivity contribution in [2.75, 3.05) is 32.7 Å². The Kier molecular flexibility index (Phi) is 5.01. The number of nitrogens with zero attached hydrogens (tertiary/aromatic N) is 2. The fourth-order valence-electron chi connectivity index (χ4n) is 3.22. The first kappa shape index (κ1) is 13.8. The molecule has 2 rings (SSSR count). The van der Waals surface area contributed by atoms with Gasteiger partial charge in [0.1, 0.15) is 0 Å². The molecule has 104 valence electrons. The number of carbonyl (C=O) groups is 1. The third-order valence-corrected chi connectivity index (χ3v) is 4.55. The molecule has 1 amide bonds. The van der Waals surface area contributed by atoms with Crippen molar-refractivity contribution < 1.29 is 4.79 Å². The van der Waals surface area contributed by atoms with Gasteiger partial charge in [-0.25, -0.2) is 0 Å². The highest BCUT2D eigenvalue weighted by Crippen LogP contribution is 2.22. The highest BCUT2D eigenvalue weighted by molar-refractivity contribution is 5.81. The zero-order valence-corrected chi connectivity index (χ0v) is 11.6. The first-order valence-corrected chi connectivity index (χ1v) is 7.45. The van der Waals surface area contributed by atoms with E-state index in [0.717, 1.165) is 45.1 Å². The molecule has 2 N–H and O–H groups in total. The smallest absolute Gasteiger partial charge is 0.239 e. The van der Waals surface area contributed by atoms with Gasteiger partial charge in [0.15, 0.2) is 0 Å². The van der Waals surface area contributed by atoms with Crippen LogP contribution >= 0.6 is 0 Å². The highest BCUT2D eigenvalue weighted by atomic mass is 16.2. The lowest BCUT2D eigenvalue weighted by Gasteiger charge is -2.36. The Balaban J connectivity index is 1.79. The van der Waals surface area contributed by atoms with E-state index in [-0.39, 0.29) is 6.04 Å². The molecule has 2 heterocycles. The van der Waals surface area contributed by atoms with Gasteiger partial charge < -0.3 is 10.6 Å². The molecule has 2 fully saturated rings. The van der Waals surface area contributed by atoms with Crippen LogP contribution in [0.2, 0.25) is 0 Å². The number of rotatable bonds is 4. The number of amides is 1. The molecule has 0 bridgehead atoms. The third-order valence-electron chi connectivity index (χ3n) is 4.55. The first-order chi connectivity index (χ1) is 8.72. The van der Waals surface area contributed by atoms with Crippen molar-refractivity contribution in [1.82, 2.24) is 9.80 Å². The lowest BCUT2D eigenvalue weighted by Crippen LogP contribution is -2.49. The molecule has 0 spiro atoms. The molecule has 0 aromatic heterocycles. The maximum Gasteiger partial charge on any atom is 0.239 e. The minimum absolute atomic E-state index is 0.0712. The topological polar surface area (TPSA) is 49.6 Å². The number of piperidine rings is 1. The molecular formula is C14H27N3O. The summed E-state index contributed by atoms with van der Waals surface area (Å²) in [6.07, 6.45) is 5.90. The first-order valence-electron chi connectivity index (χ1n) is 7.45. The third kappa shape index (κ3) is 3.23. The summed E-state index contributed by atoms with van der Waals surface area (Å²) in [4.78, 5) is 16.7. The van der Waals surface area contributed by atoms with Gasteiger partial charge in [-0.1, -0.05) is 0 Å². The maximum atomic E-state index is 12.3. The monoisotopic (exact) mass is 253 g/mol. The van der Waals surface area contributed by atoms with E-state index < -0.39 is 0 Å². The Bertz CT molecular complexity index is 268. The average molecular weight is 253 g/mol. The Morgan fingerprint density at radius 3 is 2.39 bits per heavy atom. The summed E-state index contributed by atoms with van der Waals surface area (Å²) in [5.41, 5.74) is 5.61. The van der Waals surface area contributed by atoms with Crippen LogP contribution < -0.4 is 5.73 Å². The largest absolute Gasteiger partial charge is 0.341 e. The second kappa shape index (κ2) is 6.53. The normalized spacial score (nSPS) is 24.4. The van der Waals surface area contributed by atoms with E-state index >= 15 is 0 Å². The van der Waals surface area contributed by atoms with E-state index in [9.17, 15) is 4.79 Å². The summed E-state index contributed by atoms with van der Waals surface area (Å²) in [7, 11) is 0. The van der Waals surface area contributed by atoms with E-state index in [2.05, 4.69) is 11.8 Å². The van der Waals surface area contributed by atoms with Crippen LogP contribution in [0.1, 0.15) is 39.0 Å². The SMILES string of the molecule is CC(C(=O)N1CCCC1)N1CCC(CCN)CC1.